The number of hydrogen-bond donors (Lipinski definition) is 0. The van der Waals surface area contributed by atoms with Crippen LogP contribution in [0.2, 0.25) is 0 Å². The van der Waals surface area contributed by atoms with Gasteiger partial charge in [0.05, 0.1) is 12.5 Å². The molecule has 1 amide bonds. The average molecular weight is 315 g/mol. The van der Waals surface area contributed by atoms with Gasteiger partial charge in [0, 0.05) is 18.5 Å². The molecule has 1 aromatic heterocycles. The van der Waals surface area contributed by atoms with E-state index < -0.39 is 0 Å². The first-order valence-electron chi connectivity index (χ1n) is 8.04. The molecule has 0 aliphatic carbocycles. The minimum atomic E-state index is -0.154. The number of aryl methyl sites for hydroxylation is 1. The van der Waals surface area contributed by atoms with E-state index in [4.69, 9.17) is 9.15 Å². The molecular formula is C18H21NO4. The zero-order chi connectivity index (χ0) is 16.4. The molecule has 3 rings (SSSR count). The zero-order valence-corrected chi connectivity index (χ0v) is 13.5. The lowest BCUT2D eigenvalue weighted by Crippen LogP contribution is -2.40. The molecule has 5 heteroatoms. The molecule has 122 valence electrons. The normalized spacial score (nSPS) is 15.8. The third kappa shape index (κ3) is 3.23. The van der Waals surface area contributed by atoms with Crippen LogP contribution in [0.3, 0.4) is 0 Å². The number of furan rings is 1. The summed E-state index contributed by atoms with van der Waals surface area (Å²) in [6.45, 7) is 5.30. The Morgan fingerprint density at radius 1 is 1.26 bits per heavy atom. The van der Waals surface area contributed by atoms with Gasteiger partial charge in [-0.2, -0.15) is 0 Å². The van der Waals surface area contributed by atoms with Crippen LogP contribution in [0.25, 0.3) is 11.0 Å². The Kier molecular flexibility index (Phi) is 4.37. The van der Waals surface area contributed by atoms with Gasteiger partial charge in [-0.3, -0.25) is 9.59 Å². The summed E-state index contributed by atoms with van der Waals surface area (Å²) in [4.78, 5) is 26.1. The molecule has 5 nitrogen and oxygen atoms in total. The molecule has 0 bridgehead atoms. The molecule has 0 N–H and O–H groups in total. The molecular weight excluding hydrogens is 294 g/mol. The second-order valence-corrected chi connectivity index (χ2v) is 5.97. The lowest BCUT2D eigenvalue weighted by Gasteiger charge is -2.30. The second kappa shape index (κ2) is 6.44. The maximum Gasteiger partial charge on any atom is 0.309 e. The second-order valence-electron chi connectivity index (χ2n) is 5.97. The minimum absolute atomic E-state index is 0.0997. The number of hydrogen-bond acceptors (Lipinski definition) is 4. The highest BCUT2D eigenvalue weighted by atomic mass is 16.5. The van der Waals surface area contributed by atoms with Crippen molar-refractivity contribution in [2.24, 2.45) is 5.92 Å². The Labute approximate surface area is 135 Å². The largest absolute Gasteiger partial charge is 0.466 e. The molecule has 2 heterocycles. The molecule has 1 aromatic carbocycles. The van der Waals surface area contributed by atoms with Gasteiger partial charge < -0.3 is 14.1 Å². The molecule has 23 heavy (non-hydrogen) atoms. The highest BCUT2D eigenvalue weighted by Gasteiger charge is 2.29. The molecule has 2 aromatic rings. The molecule has 0 spiro atoms. The number of carbonyl (C=O) groups excluding carboxylic acids is 2. The summed E-state index contributed by atoms with van der Waals surface area (Å²) in [7, 11) is 0. The Morgan fingerprint density at radius 2 is 2.00 bits per heavy atom. The van der Waals surface area contributed by atoms with Gasteiger partial charge in [0.15, 0.2) is 5.76 Å². The van der Waals surface area contributed by atoms with Gasteiger partial charge in [-0.1, -0.05) is 12.1 Å². The SMILES string of the molecule is CCOC(=O)C1CCN(C(=O)c2cc3ccc(C)cc3o2)CC1. The molecule has 0 saturated carbocycles. The topological polar surface area (TPSA) is 59.8 Å². The van der Waals surface area contributed by atoms with Crippen molar-refractivity contribution in [2.75, 3.05) is 19.7 Å². The highest BCUT2D eigenvalue weighted by molar-refractivity contribution is 5.96. The van der Waals surface area contributed by atoms with Gasteiger partial charge in [0.1, 0.15) is 5.58 Å². The number of piperidine rings is 1. The number of ether oxygens (including phenoxy) is 1. The predicted octanol–water partition coefficient (Wildman–Crippen LogP) is 3.16. The van der Waals surface area contributed by atoms with Gasteiger partial charge in [0.2, 0.25) is 0 Å². The van der Waals surface area contributed by atoms with Gasteiger partial charge in [-0.05, 0) is 44.4 Å². The summed E-state index contributed by atoms with van der Waals surface area (Å²) < 4.78 is 10.7. The molecule has 0 unspecified atom stereocenters. The van der Waals surface area contributed by atoms with Crippen molar-refractivity contribution in [1.29, 1.82) is 0 Å². The Morgan fingerprint density at radius 3 is 2.70 bits per heavy atom. The van der Waals surface area contributed by atoms with E-state index in [1.165, 1.54) is 0 Å². The van der Waals surface area contributed by atoms with Crippen molar-refractivity contribution in [3.05, 3.63) is 35.6 Å². The Balaban J connectivity index is 1.67. The molecule has 1 aliphatic rings. The third-order valence-electron chi connectivity index (χ3n) is 4.29. The first-order chi connectivity index (χ1) is 11.1. The molecule has 0 atom stereocenters. The summed E-state index contributed by atoms with van der Waals surface area (Å²) in [6.07, 6.45) is 1.29. The van der Waals surface area contributed by atoms with Crippen LogP contribution in [0.1, 0.15) is 35.9 Å². The van der Waals surface area contributed by atoms with E-state index in [-0.39, 0.29) is 17.8 Å². The number of rotatable bonds is 3. The van der Waals surface area contributed by atoms with Gasteiger partial charge >= 0.3 is 5.97 Å². The lowest BCUT2D eigenvalue weighted by atomic mass is 9.97. The van der Waals surface area contributed by atoms with Crippen LogP contribution in [0, 0.1) is 12.8 Å². The highest BCUT2D eigenvalue weighted by Crippen LogP contribution is 2.24. The number of esters is 1. The van der Waals surface area contributed by atoms with Crippen LogP contribution in [-0.2, 0) is 9.53 Å². The minimum Gasteiger partial charge on any atom is -0.466 e. The van der Waals surface area contributed by atoms with Gasteiger partial charge in [-0.25, -0.2) is 0 Å². The summed E-state index contributed by atoms with van der Waals surface area (Å²) in [5.41, 5.74) is 1.83. The van der Waals surface area contributed by atoms with Crippen LogP contribution in [0.5, 0.6) is 0 Å². The fourth-order valence-corrected chi connectivity index (χ4v) is 2.98. The average Bonchev–Trinajstić information content (AvgIpc) is 2.97. The summed E-state index contributed by atoms with van der Waals surface area (Å²) in [6, 6.07) is 7.67. The fourth-order valence-electron chi connectivity index (χ4n) is 2.98. The summed E-state index contributed by atoms with van der Waals surface area (Å²) in [5, 5.41) is 0.931. The lowest BCUT2D eigenvalue weighted by molar-refractivity contribution is -0.149. The van der Waals surface area contributed by atoms with Crippen molar-refractivity contribution in [2.45, 2.75) is 26.7 Å². The van der Waals surface area contributed by atoms with Gasteiger partial charge in [-0.15, -0.1) is 0 Å². The van der Waals surface area contributed by atoms with Crippen LogP contribution < -0.4 is 0 Å². The van der Waals surface area contributed by atoms with Crippen molar-refractivity contribution in [1.82, 2.24) is 4.90 Å². The maximum atomic E-state index is 12.6. The number of amides is 1. The predicted molar refractivity (Wildman–Crippen MR) is 86.2 cm³/mol. The van der Waals surface area contributed by atoms with E-state index in [0.717, 1.165) is 16.5 Å². The van der Waals surface area contributed by atoms with Crippen molar-refractivity contribution >= 4 is 22.8 Å². The molecule has 1 saturated heterocycles. The molecule has 1 fully saturated rings. The monoisotopic (exact) mass is 315 g/mol. The number of fused-ring (bicyclic) bond motifs is 1. The van der Waals surface area contributed by atoms with Crippen LogP contribution in [-0.4, -0.2) is 36.5 Å². The molecule has 0 radical (unpaired) electrons. The first kappa shape index (κ1) is 15.6. The van der Waals surface area contributed by atoms with Crippen LogP contribution in [0.15, 0.2) is 28.7 Å². The van der Waals surface area contributed by atoms with E-state index in [2.05, 4.69) is 0 Å². The smallest absolute Gasteiger partial charge is 0.309 e. The number of nitrogens with zero attached hydrogens (tertiary/aromatic N) is 1. The van der Waals surface area contributed by atoms with E-state index >= 15 is 0 Å². The Hall–Kier alpha value is -2.30. The van der Waals surface area contributed by atoms with E-state index in [9.17, 15) is 9.59 Å². The van der Waals surface area contributed by atoms with Crippen LogP contribution in [0.4, 0.5) is 0 Å². The van der Waals surface area contributed by atoms with E-state index in [1.807, 2.05) is 25.1 Å². The third-order valence-corrected chi connectivity index (χ3v) is 4.29. The number of likely N-dealkylation sites (tertiary alicyclic amines) is 1. The van der Waals surface area contributed by atoms with Gasteiger partial charge in [0.25, 0.3) is 5.91 Å². The standard InChI is InChI=1S/C18H21NO4/c1-3-22-18(21)13-6-8-19(9-7-13)17(20)16-11-14-5-4-12(2)10-15(14)23-16/h4-5,10-11,13H,3,6-9H2,1-2H3. The fraction of sp³-hybridized carbons (Fsp3) is 0.444. The maximum absolute atomic E-state index is 12.6. The first-order valence-corrected chi connectivity index (χ1v) is 8.04. The molecule has 1 aliphatic heterocycles. The Bertz CT molecular complexity index is 726. The van der Waals surface area contributed by atoms with Crippen LogP contribution >= 0.6 is 0 Å². The van der Waals surface area contributed by atoms with Crippen molar-refractivity contribution in [3.63, 3.8) is 0 Å². The van der Waals surface area contributed by atoms with Crippen molar-refractivity contribution < 1.29 is 18.7 Å². The van der Waals surface area contributed by atoms with E-state index in [1.54, 1.807) is 17.9 Å². The van der Waals surface area contributed by atoms with E-state index in [0.29, 0.717) is 38.3 Å². The van der Waals surface area contributed by atoms with Crippen molar-refractivity contribution in [3.8, 4) is 0 Å². The number of benzene rings is 1. The zero-order valence-electron chi connectivity index (χ0n) is 13.5. The quantitative estimate of drug-likeness (QED) is 0.816. The number of carbonyl (C=O) groups is 2. The summed E-state index contributed by atoms with van der Waals surface area (Å²) in [5.74, 6) is -0.00233. The summed E-state index contributed by atoms with van der Waals surface area (Å²) >= 11 is 0.